The summed E-state index contributed by atoms with van der Waals surface area (Å²) in [5, 5.41) is 5.61. The molecule has 0 fully saturated rings. The molecule has 0 aromatic heterocycles. The van der Waals surface area contributed by atoms with Gasteiger partial charge in [0.05, 0.1) is 11.1 Å². The van der Waals surface area contributed by atoms with Crippen molar-refractivity contribution in [1.29, 1.82) is 0 Å². The number of para-hydroxylation sites is 1. The molecule has 0 heterocycles. The Balaban J connectivity index is 1.81. The van der Waals surface area contributed by atoms with Crippen molar-refractivity contribution in [2.45, 2.75) is 13.8 Å². The van der Waals surface area contributed by atoms with E-state index in [-0.39, 0.29) is 22.8 Å². The molecule has 0 aliphatic heterocycles. The summed E-state index contributed by atoms with van der Waals surface area (Å²) < 4.78 is 0. The maximum atomic E-state index is 12.7. The van der Waals surface area contributed by atoms with Crippen LogP contribution in [0.4, 0.5) is 11.4 Å². The fraction of sp³-hybridized carbons (Fsp3) is 0.0870. The van der Waals surface area contributed by atoms with Gasteiger partial charge in [-0.1, -0.05) is 30.3 Å². The van der Waals surface area contributed by atoms with Gasteiger partial charge in [0.25, 0.3) is 11.8 Å². The Kier molecular flexibility index (Phi) is 5.65. The largest absolute Gasteiger partial charge is 0.322 e. The van der Waals surface area contributed by atoms with Crippen LogP contribution in [0.5, 0.6) is 0 Å². The Morgan fingerprint density at radius 3 is 1.79 bits per heavy atom. The van der Waals surface area contributed by atoms with Gasteiger partial charge in [-0.05, 0) is 61.9 Å². The Hall–Kier alpha value is -3.73. The monoisotopic (exact) mass is 372 g/mol. The van der Waals surface area contributed by atoms with Crippen LogP contribution in [0.15, 0.2) is 72.8 Å². The van der Waals surface area contributed by atoms with Crippen molar-refractivity contribution in [2.24, 2.45) is 0 Å². The highest BCUT2D eigenvalue weighted by molar-refractivity contribution is 6.15. The molecule has 5 nitrogen and oxygen atoms in total. The summed E-state index contributed by atoms with van der Waals surface area (Å²) in [7, 11) is 0. The van der Waals surface area contributed by atoms with Crippen LogP contribution in [0.1, 0.15) is 43.6 Å². The number of nitrogens with one attached hydrogen (secondary N) is 2. The molecule has 0 saturated heterocycles. The number of carbonyl (C=O) groups is 3. The van der Waals surface area contributed by atoms with Gasteiger partial charge < -0.3 is 10.6 Å². The fourth-order valence-corrected chi connectivity index (χ4v) is 2.77. The van der Waals surface area contributed by atoms with E-state index in [1.54, 1.807) is 48.5 Å². The second-order valence-corrected chi connectivity index (χ2v) is 6.40. The minimum atomic E-state index is -0.397. The number of hydrogen-bond acceptors (Lipinski definition) is 3. The second-order valence-electron chi connectivity index (χ2n) is 6.40. The first-order valence-electron chi connectivity index (χ1n) is 8.84. The molecule has 140 valence electrons. The first-order chi connectivity index (χ1) is 13.5. The van der Waals surface area contributed by atoms with E-state index in [0.29, 0.717) is 16.9 Å². The smallest absolute Gasteiger partial charge is 0.256 e. The number of carbonyl (C=O) groups excluding carboxylic acids is 3. The lowest BCUT2D eigenvalue weighted by atomic mass is 10.1. The van der Waals surface area contributed by atoms with E-state index >= 15 is 0 Å². The van der Waals surface area contributed by atoms with E-state index in [1.165, 1.54) is 6.92 Å². The van der Waals surface area contributed by atoms with Crippen LogP contribution < -0.4 is 10.6 Å². The molecule has 0 atom stereocenters. The maximum absolute atomic E-state index is 12.7. The van der Waals surface area contributed by atoms with Gasteiger partial charge in [0.2, 0.25) is 0 Å². The molecular formula is C23H20N2O3. The normalized spacial score (nSPS) is 10.2. The number of ketones is 1. The molecule has 0 bridgehead atoms. The van der Waals surface area contributed by atoms with Crippen LogP contribution in [0.25, 0.3) is 0 Å². The van der Waals surface area contributed by atoms with Gasteiger partial charge in [0, 0.05) is 16.9 Å². The van der Waals surface area contributed by atoms with Gasteiger partial charge in [-0.25, -0.2) is 0 Å². The molecule has 0 radical (unpaired) electrons. The van der Waals surface area contributed by atoms with Crippen molar-refractivity contribution in [2.75, 3.05) is 10.6 Å². The fourth-order valence-electron chi connectivity index (χ4n) is 2.77. The average Bonchev–Trinajstić information content (AvgIpc) is 2.70. The molecule has 2 amide bonds. The minimum absolute atomic E-state index is 0.0453. The third-order valence-corrected chi connectivity index (χ3v) is 4.36. The van der Waals surface area contributed by atoms with E-state index in [0.717, 1.165) is 5.56 Å². The summed E-state index contributed by atoms with van der Waals surface area (Å²) in [4.78, 5) is 36.8. The first kappa shape index (κ1) is 19.0. The third kappa shape index (κ3) is 4.32. The number of aryl methyl sites for hydroxylation is 1. The maximum Gasteiger partial charge on any atom is 0.256 e. The van der Waals surface area contributed by atoms with Gasteiger partial charge >= 0.3 is 0 Å². The summed E-state index contributed by atoms with van der Waals surface area (Å²) in [5.74, 6) is -0.797. The van der Waals surface area contributed by atoms with E-state index in [4.69, 9.17) is 0 Å². The number of Topliss-reactive ketones (excluding diaryl/α,β-unsaturated/α-hetero) is 1. The second kappa shape index (κ2) is 8.31. The molecule has 5 heteroatoms. The molecule has 3 rings (SSSR count). The number of benzene rings is 3. The quantitative estimate of drug-likeness (QED) is 0.637. The van der Waals surface area contributed by atoms with Gasteiger partial charge in [-0.15, -0.1) is 0 Å². The zero-order valence-corrected chi connectivity index (χ0v) is 15.7. The summed E-state index contributed by atoms with van der Waals surface area (Å²) >= 11 is 0. The Bertz CT molecular complexity index is 1040. The Labute approximate surface area is 163 Å². The highest BCUT2D eigenvalue weighted by atomic mass is 16.2. The van der Waals surface area contributed by atoms with Gasteiger partial charge in [-0.2, -0.15) is 0 Å². The zero-order valence-electron chi connectivity index (χ0n) is 15.7. The van der Waals surface area contributed by atoms with E-state index in [2.05, 4.69) is 10.6 Å². The van der Waals surface area contributed by atoms with Crippen LogP contribution >= 0.6 is 0 Å². The summed E-state index contributed by atoms with van der Waals surface area (Å²) in [6, 6.07) is 20.7. The topological polar surface area (TPSA) is 75.3 Å². The van der Waals surface area contributed by atoms with E-state index < -0.39 is 5.91 Å². The lowest BCUT2D eigenvalue weighted by Crippen LogP contribution is -2.20. The minimum Gasteiger partial charge on any atom is -0.322 e. The first-order valence-corrected chi connectivity index (χ1v) is 8.84. The van der Waals surface area contributed by atoms with E-state index in [1.807, 2.05) is 31.2 Å². The van der Waals surface area contributed by atoms with Crippen molar-refractivity contribution < 1.29 is 14.4 Å². The number of hydrogen-bond donors (Lipinski definition) is 2. The highest BCUT2D eigenvalue weighted by Gasteiger charge is 2.17. The zero-order chi connectivity index (χ0) is 20.1. The van der Waals surface area contributed by atoms with Crippen LogP contribution in [-0.2, 0) is 0 Å². The Morgan fingerprint density at radius 1 is 0.679 bits per heavy atom. The van der Waals surface area contributed by atoms with Crippen LogP contribution in [0, 0.1) is 6.92 Å². The SMILES string of the molecule is CC(=O)c1ccc(NC(=O)c2ccccc2C(=O)Nc2ccccc2C)cc1. The van der Waals surface area contributed by atoms with Crippen molar-refractivity contribution >= 4 is 29.0 Å². The predicted molar refractivity (Wildman–Crippen MR) is 110 cm³/mol. The van der Waals surface area contributed by atoms with Gasteiger partial charge in [-0.3, -0.25) is 14.4 Å². The van der Waals surface area contributed by atoms with Crippen LogP contribution in [-0.4, -0.2) is 17.6 Å². The molecule has 0 spiro atoms. The van der Waals surface area contributed by atoms with E-state index in [9.17, 15) is 14.4 Å². The van der Waals surface area contributed by atoms with Crippen molar-refractivity contribution in [3.63, 3.8) is 0 Å². The molecule has 0 saturated carbocycles. The van der Waals surface area contributed by atoms with Crippen molar-refractivity contribution in [1.82, 2.24) is 0 Å². The highest BCUT2D eigenvalue weighted by Crippen LogP contribution is 2.18. The molecule has 28 heavy (non-hydrogen) atoms. The summed E-state index contributed by atoms with van der Waals surface area (Å²) in [6.45, 7) is 3.38. The lowest BCUT2D eigenvalue weighted by molar-refractivity contribution is 0.0990. The third-order valence-electron chi connectivity index (χ3n) is 4.36. The number of amides is 2. The predicted octanol–water partition coefficient (Wildman–Crippen LogP) is 4.70. The van der Waals surface area contributed by atoms with Crippen molar-refractivity contribution in [3.8, 4) is 0 Å². The van der Waals surface area contributed by atoms with Crippen molar-refractivity contribution in [3.05, 3.63) is 95.1 Å². The van der Waals surface area contributed by atoms with Crippen LogP contribution in [0.2, 0.25) is 0 Å². The van der Waals surface area contributed by atoms with Gasteiger partial charge in [0.15, 0.2) is 5.78 Å². The van der Waals surface area contributed by atoms with Gasteiger partial charge in [0.1, 0.15) is 0 Å². The number of anilines is 2. The molecule has 0 aliphatic carbocycles. The summed E-state index contributed by atoms with van der Waals surface area (Å²) in [6.07, 6.45) is 0. The standard InChI is InChI=1S/C23H20N2O3/c1-15-7-3-6-10-21(15)25-23(28)20-9-5-4-8-19(20)22(27)24-18-13-11-17(12-14-18)16(2)26/h3-14H,1-2H3,(H,24,27)(H,25,28). The molecular weight excluding hydrogens is 352 g/mol. The average molecular weight is 372 g/mol. The molecule has 0 unspecified atom stereocenters. The molecule has 2 N–H and O–H groups in total. The molecule has 3 aromatic rings. The molecule has 3 aromatic carbocycles. The van der Waals surface area contributed by atoms with Crippen LogP contribution in [0.3, 0.4) is 0 Å². The Morgan fingerprint density at radius 2 is 1.21 bits per heavy atom. The molecule has 0 aliphatic rings. The summed E-state index contributed by atoms with van der Waals surface area (Å²) in [5.41, 5.74) is 3.29. The number of rotatable bonds is 5. The lowest BCUT2D eigenvalue weighted by Gasteiger charge is -2.12.